The van der Waals surface area contributed by atoms with Gasteiger partial charge in [-0.25, -0.2) is 0 Å². The van der Waals surface area contributed by atoms with Crippen molar-refractivity contribution < 1.29 is 12.6 Å². The average Bonchev–Trinajstić information content (AvgIpc) is 2.68. The monoisotopic (exact) mass is 328 g/mol. The quantitative estimate of drug-likeness (QED) is 0.617. The second-order valence-electron chi connectivity index (χ2n) is 5.73. The van der Waals surface area contributed by atoms with Gasteiger partial charge in [0.1, 0.15) is 0 Å². The highest BCUT2D eigenvalue weighted by atomic mass is 32.2. The molecule has 2 aliphatic rings. The van der Waals surface area contributed by atoms with Crippen molar-refractivity contribution in [1.29, 1.82) is 0 Å². The van der Waals surface area contributed by atoms with E-state index in [0.29, 0.717) is 6.42 Å². The topological polar surface area (TPSA) is 43.4 Å². The molecule has 1 aromatic rings. The highest BCUT2D eigenvalue weighted by Gasteiger charge is 2.16. The second kappa shape index (κ2) is 6.69. The maximum absolute atomic E-state index is 11.0. The Kier molecular flexibility index (Phi) is 4.64. The lowest BCUT2D eigenvalue weighted by atomic mass is 9.89. The first-order chi connectivity index (χ1) is 11.0. The van der Waals surface area contributed by atoms with E-state index in [0.717, 1.165) is 24.7 Å². The zero-order valence-corrected chi connectivity index (χ0v) is 14.0. The summed E-state index contributed by atoms with van der Waals surface area (Å²) in [5, 5.41) is 0. The minimum absolute atomic E-state index is 0.172. The van der Waals surface area contributed by atoms with E-state index in [1.54, 1.807) is 0 Å². The molecule has 0 amide bonds. The fourth-order valence-electron chi connectivity index (χ4n) is 2.99. The van der Waals surface area contributed by atoms with Gasteiger partial charge >= 0.3 is 0 Å². The molecule has 0 saturated carbocycles. The lowest BCUT2D eigenvalue weighted by molar-refractivity contribution is 0.328. The van der Waals surface area contributed by atoms with Crippen molar-refractivity contribution in [2.24, 2.45) is 0 Å². The van der Waals surface area contributed by atoms with Gasteiger partial charge in [0.05, 0.1) is 12.9 Å². The third-order valence-corrected chi connectivity index (χ3v) is 4.59. The first-order valence-electron chi connectivity index (χ1n) is 7.77. The molecule has 0 aromatic heterocycles. The molecule has 0 atom stereocenters. The standard InChI is InChI=1S/C19H20O3S/c1-23(20,21)22-14-6-8-16-13-12-15-7-2-3-9-17(15)19-11-5-4-10-18(16)19/h2,4-5,7-8,10-13H,3,6,9,14H2,1H3. The van der Waals surface area contributed by atoms with Crippen LogP contribution in [0.1, 0.15) is 30.4 Å². The van der Waals surface area contributed by atoms with Crippen molar-refractivity contribution >= 4 is 21.3 Å². The number of rotatable bonds is 4. The molecule has 4 heteroatoms. The van der Waals surface area contributed by atoms with E-state index in [9.17, 15) is 8.42 Å². The number of benzene rings is 1. The highest BCUT2D eigenvalue weighted by molar-refractivity contribution is 7.85. The Balaban J connectivity index is 1.90. The van der Waals surface area contributed by atoms with Crippen LogP contribution in [-0.2, 0) is 14.3 Å². The van der Waals surface area contributed by atoms with Crippen LogP contribution in [0.5, 0.6) is 0 Å². The molecule has 0 aliphatic heterocycles. The minimum Gasteiger partial charge on any atom is -0.270 e. The van der Waals surface area contributed by atoms with Crippen LogP contribution < -0.4 is 0 Å². The Morgan fingerprint density at radius 2 is 1.91 bits per heavy atom. The molecule has 0 bridgehead atoms. The van der Waals surface area contributed by atoms with Crippen LogP contribution in [0.15, 0.2) is 60.2 Å². The summed E-state index contributed by atoms with van der Waals surface area (Å²) in [5.74, 6) is 0. The Bertz CT molecular complexity index is 824. The van der Waals surface area contributed by atoms with Crippen molar-refractivity contribution in [3.63, 3.8) is 0 Å². The first kappa shape index (κ1) is 16.0. The zero-order valence-electron chi connectivity index (χ0n) is 13.2. The molecule has 120 valence electrons. The van der Waals surface area contributed by atoms with E-state index in [-0.39, 0.29) is 6.61 Å². The van der Waals surface area contributed by atoms with Gasteiger partial charge in [0.2, 0.25) is 0 Å². The fourth-order valence-corrected chi connectivity index (χ4v) is 3.39. The summed E-state index contributed by atoms with van der Waals surface area (Å²) < 4.78 is 26.9. The van der Waals surface area contributed by atoms with Gasteiger partial charge in [0, 0.05) is 0 Å². The van der Waals surface area contributed by atoms with Crippen molar-refractivity contribution in [2.75, 3.05) is 12.9 Å². The van der Waals surface area contributed by atoms with Crippen LogP contribution in [0.3, 0.4) is 0 Å². The average molecular weight is 328 g/mol. The predicted octanol–water partition coefficient (Wildman–Crippen LogP) is 4.11. The molecule has 0 radical (unpaired) electrons. The summed E-state index contributed by atoms with van der Waals surface area (Å²) in [4.78, 5) is 0. The summed E-state index contributed by atoms with van der Waals surface area (Å²) >= 11 is 0. The Labute approximate surface area is 137 Å². The van der Waals surface area contributed by atoms with E-state index >= 15 is 0 Å². The molecule has 23 heavy (non-hydrogen) atoms. The van der Waals surface area contributed by atoms with E-state index < -0.39 is 10.1 Å². The molecular formula is C19H20O3S. The van der Waals surface area contributed by atoms with E-state index in [1.165, 1.54) is 22.3 Å². The van der Waals surface area contributed by atoms with Crippen molar-refractivity contribution in [1.82, 2.24) is 0 Å². The van der Waals surface area contributed by atoms with E-state index in [2.05, 4.69) is 42.5 Å². The van der Waals surface area contributed by atoms with Gasteiger partial charge in [-0.1, -0.05) is 54.6 Å². The minimum atomic E-state index is -3.38. The molecule has 3 nitrogen and oxygen atoms in total. The molecule has 2 aliphatic carbocycles. The van der Waals surface area contributed by atoms with Gasteiger partial charge in [0.25, 0.3) is 10.1 Å². The zero-order chi connectivity index (χ0) is 16.3. The molecule has 0 N–H and O–H groups in total. The molecule has 0 saturated heterocycles. The van der Waals surface area contributed by atoms with Gasteiger partial charge in [-0.05, 0) is 47.1 Å². The molecule has 1 aromatic carbocycles. The third kappa shape index (κ3) is 3.89. The van der Waals surface area contributed by atoms with Crippen LogP contribution in [0, 0.1) is 0 Å². The lowest BCUT2D eigenvalue weighted by Crippen LogP contribution is -2.03. The first-order valence-corrected chi connectivity index (χ1v) is 9.58. The molecule has 0 spiro atoms. The Hall–Kier alpha value is -1.91. The van der Waals surface area contributed by atoms with Crippen LogP contribution in [0.4, 0.5) is 0 Å². The van der Waals surface area contributed by atoms with Gasteiger partial charge in [-0.2, -0.15) is 8.42 Å². The van der Waals surface area contributed by atoms with E-state index in [1.807, 2.05) is 12.1 Å². The van der Waals surface area contributed by atoms with Gasteiger partial charge in [0.15, 0.2) is 0 Å². The smallest absolute Gasteiger partial charge is 0.264 e. The van der Waals surface area contributed by atoms with Crippen LogP contribution in [0.25, 0.3) is 11.1 Å². The number of fused-ring (bicyclic) bond motifs is 2. The molecule has 3 rings (SSSR count). The van der Waals surface area contributed by atoms with Crippen molar-refractivity contribution in [2.45, 2.75) is 19.3 Å². The van der Waals surface area contributed by atoms with Crippen LogP contribution >= 0.6 is 0 Å². The molecule has 0 heterocycles. The highest BCUT2D eigenvalue weighted by Crippen LogP contribution is 2.37. The summed E-state index contributed by atoms with van der Waals surface area (Å²) in [5.41, 5.74) is 6.23. The second-order valence-corrected chi connectivity index (χ2v) is 7.37. The molecular weight excluding hydrogens is 308 g/mol. The van der Waals surface area contributed by atoms with Crippen LogP contribution in [-0.4, -0.2) is 21.3 Å². The van der Waals surface area contributed by atoms with Gasteiger partial charge in [-0.3, -0.25) is 4.18 Å². The van der Waals surface area contributed by atoms with Gasteiger partial charge < -0.3 is 0 Å². The van der Waals surface area contributed by atoms with Crippen molar-refractivity contribution in [3.8, 4) is 0 Å². The molecule has 0 unspecified atom stereocenters. The number of allylic oxidation sites excluding steroid dienone is 7. The summed E-state index contributed by atoms with van der Waals surface area (Å²) in [6.07, 6.45) is 14.4. The predicted molar refractivity (Wildman–Crippen MR) is 94.3 cm³/mol. The normalized spacial score (nSPS) is 18.7. The summed E-state index contributed by atoms with van der Waals surface area (Å²) in [7, 11) is -3.38. The maximum Gasteiger partial charge on any atom is 0.264 e. The maximum atomic E-state index is 11.0. The Morgan fingerprint density at radius 3 is 2.70 bits per heavy atom. The largest absolute Gasteiger partial charge is 0.270 e. The lowest BCUT2D eigenvalue weighted by Gasteiger charge is -2.15. The summed E-state index contributed by atoms with van der Waals surface area (Å²) in [6.45, 7) is 0.172. The fraction of sp³-hybridized carbons (Fsp3) is 0.263. The SMILES string of the molecule is CS(=O)(=O)OCCC=C1C=CC2=C(CCC=C2)c2ccccc21. The number of hydrogen-bond donors (Lipinski definition) is 0. The third-order valence-electron chi connectivity index (χ3n) is 3.99. The Morgan fingerprint density at radius 1 is 1.13 bits per heavy atom. The van der Waals surface area contributed by atoms with Gasteiger partial charge in [-0.15, -0.1) is 0 Å². The summed E-state index contributed by atoms with van der Waals surface area (Å²) in [6, 6.07) is 8.39. The number of hydrogen-bond acceptors (Lipinski definition) is 3. The van der Waals surface area contributed by atoms with Crippen LogP contribution in [0.2, 0.25) is 0 Å². The van der Waals surface area contributed by atoms with Crippen molar-refractivity contribution in [3.05, 3.63) is 71.3 Å². The molecule has 0 fully saturated rings. The van der Waals surface area contributed by atoms with E-state index in [4.69, 9.17) is 4.18 Å².